The second-order valence-electron chi connectivity index (χ2n) is 2.30. The number of hydrogen-bond donors (Lipinski definition) is 1. The lowest BCUT2D eigenvalue weighted by Gasteiger charge is -2.08. The summed E-state index contributed by atoms with van der Waals surface area (Å²) < 4.78 is 45.5. The summed E-state index contributed by atoms with van der Waals surface area (Å²) in [7, 11) is -3.32. The fourth-order valence-corrected chi connectivity index (χ4v) is 2.31. The van der Waals surface area contributed by atoms with E-state index in [0.29, 0.717) is 0 Å². The number of halogens is 2. The van der Waals surface area contributed by atoms with Crippen molar-refractivity contribution in [1.82, 2.24) is 0 Å². The summed E-state index contributed by atoms with van der Waals surface area (Å²) in [5.41, 5.74) is 0. The summed E-state index contributed by atoms with van der Waals surface area (Å²) >= 11 is -0.198. The molecule has 0 rings (SSSR count). The van der Waals surface area contributed by atoms with E-state index in [-0.39, 0.29) is 11.8 Å². The third kappa shape index (κ3) is 5.81. The van der Waals surface area contributed by atoms with Gasteiger partial charge in [-0.15, -0.1) is 0 Å². The quantitative estimate of drug-likeness (QED) is 0.747. The maximum absolute atomic E-state index is 12.3. The van der Waals surface area contributed by atoms with Crippen molar-refractivity contribution in [1.29, 1.82) is 0 Å². The van der Waals surface area contributed by atoms with Crippen molar-refractivity contribution in [2.75, 3.05) is 17.8 Å². The Kier molecular flexibility index (Phi) is 4.11. The zero-order chi connectivity index (χ0) is 10.7. The second-order valence-corrected chi connectivity index (χ2v) is 5.77. The third-order valence-corrected chi connectivity index (χ3v) is 3.14. The first-order valence-electron chi connectivity index (χ1n) is 3.08. The van der Waals surface area contributed by atoms with Crippen LogP contribution in [-0.4, -0.2) is 42.5 Å². The minimum absolute atomic E-state index is 0.198. The van der Waals surface area contributed by atoms with E-state index in [2.05, 4.69) is 0 Å². The van der Waals surface area contributed by atoms with Gasteiger partial charge in [0.05, 0.1) is 5.75 Å². The lowest BCUT2D eigenvalue weighted by atomic mass is 10.7. The first-order valence-corrected chi connectivity index (χ1v) is 6.12. The van der Waals surface area contributed by atoms with Crippen molar-refractivity contribution >= 4 is 27.6 Å². The largest absolute Gasteiger partial charge is 0.476 e. The molecule has 8 heteroatoms. The Balaban J connectivity index is 3.98. The van der Waals surface area contributed by atoms with Crippen LogP contribution in [0.3, 0.4) is 0 Å². The van der Waals surface area contributed by atoms with Crippen LogP contribution in [0, 0.1) is 0 Å². The Morgan fingerprint density at radius 2 is 2.00 bits per heavy atom. The molecule has 13 heavy (non-hydrogen) atoms. The van der Waals surface area contributed by atoms with Crippen molar-refractivity contribution in [3.05, 3.63) is 0 Å². The molecule has 0 amide bonds. The van der Waals surface area contributed by atoms with E-state index in [1.807, 2.05) is 0 Å². The van der Waals surface area contributed by atoms with Gasteiger partial charge in [0, 0.05) is 12.0 Å². The van der Waals surface area contributed by atoms with Crippen LogP contribution >= 0.6 is 11.8 Å². The maximum atomic E-state index is 12.3. The van der Waals surface area contributed by atoms with Crippen molar-refractivity contribution in [3.8, 4) is 0 Å². The standard InChI is InChI=1S/C5H8F2O4S2/c1-13(10,11)3-2-12-5(6,7)4(8)9/h2-3H2,1H3,(H,8,9). The van der Waals surface area contributed by atoms with E-state index < -0.39 is 32.6 Å². The molecule has 4 nitrogen and oxygen atoms in total. The normalized spacial score (nSPS) is 12.8. The maximum Gasteiger partial charge on any atom is 0.388 e. The smallest absolute Gasteiger partial charge is 0.388 e. The summed E-state index contributed by atoms with van der Waals surface area (Å²) in [6.45, 7) is 0. The minimum atomic E-state index is -3.91. The molecule has 0 radical (unpaired) electrons. The first-order chi connectivity index (χ1) is 5.65. The Morgan fingerprint density at radius 3 is 2.31 bits per heavy atom. The molecule has 0 saturated heterocycles. The summed E-state index contributed by atoms with van der Waals surface area (Å²) in [6.07, 6.45) is 0.895. The van der Waals surface area contributed by atoms with E-state index in [1.165, 1.54) is 0 Å². The molecule has 0 aromatic carbocycles. The molecule has 0 aliphatic rings. The molecule has 0 aliphatic carbocycles. The molecule has 1 N–H and O–H groups in total. The van der Waals surface area contributed by atoms with Gasteiger partial charge in [-0.3, -0.25) is 0 Å². The van der Waals surface area contributed by atoms with Gasteiger partial charge in [-0.25, -0.2) is 13.2 Å². The Labute approximate surface area is 78.2 Å². The zero-order valence-electron chi connectivity index (χ0n) is 6.66. The highest BCUT2D eigenvalue weighted by atomic mass is 32.2. The fourth-order valence-electron chi connectivity index (χ4n) is 0.383. The van der Waals surface area contributed by atoms with Gasteiger partial charge >= 0.3 is 11.2 Å². The van der Waals surface area contributed by atoms with Crippen LogP contribution in [0.25, 0.3) is 0 Å². The van der Waals surface area contributed by atoms with Crippen LogP contribution in [0.2, 0.25) is 0 Å². The molecule has 0 saturated carbocycles. The molecule has 0 bridgehead atoms. The summed E-state index contributed by atoms with van der Waals surface area (Å²) in [6, 6.07) is 0. The van der Waals surface area contributed by atoms with Crippen molar-refractivity contribution in [2.24, 2.45) is 0 Å². The number of alkyl halides is 2. The second kappa shape index (κ2) is 4.23. The molecule has 0 aromatic rings. The molecule has 0 unspecified atom stereocenters. The summed E-state index contributed by atoms with van der Waals surface area (Å²) in [5, 5.41) is 4.04. The number of rotatable bonds is 5. The lowest BCUT2D eigenvalue weighted by molar-refractivity contribution is -0.152. The van der Waals surface area contributed by atoms with Gasteiger partial charge in [0.15, 0.2) is 0 Å². The highest BCUT2D eigenvalue weighted by Crippen LogP contribution is 2.28. The number of carbonyl (C=O) groups is 1. The number of carboxylic acid groups (broad SMARTS) is 1. The van der Waals surface area contributed by atoms with Gasteiger partial charge in [-0.1, -0.05) is 11.8 Å². The van der Waals surface area contributed by atoms with Crippen LogP contribution < -0.4 is 0 Å². The Morgan fingerprint density at radius 1 is 1.54 bits per heavy atom. The number of hydrogen-bond acceptors (Lipinski definition) is 4. The number of carboxylic acids is 1. The predicted molar refractivity (Wildman–Crippen MR) is 44.8 cm³/mol. The fraction of sp³-hybridized carbons (Fsp3) is 0.800. The van der Waals surface area contributed by atoms with E-state index in [1.54, 1.807) is 0 Å². The highest BCUT2D eigenvalue weighted by molar-refractivity contribution is 8.02. The molecule has 78 valence electrons. The van der Waals surface area contributed by atoms with E-state index in [0.717, 1.165) is 6.26 Å². The highest BCUT2D eigenvalue weighted by Gasteiger charge is 2.39. The first kappa shape index (κ1) is 12.6. The SMILES string of the molecule is CS(=O)(=O)CCSC(F)(F)C(=O)O. The monoisotopic (exact) mass is 234 g/mol. The Bertz CT molecular complexity index is 285. The molecular formula is C5H8F2O4S2. The van der Waals surface area contributed by atoms with Crippen LogP contribution in [0.1, 0.15) is 0 Å². The van der Waals surface area contributed by atoms with Crippen LogP contribution in [0.5, 0.6) is 0 Å². The molecule has 0 aromatic heterocycles. The zero-order valence-corrected chi connectivity index (χ0v) is 8.29. The van der Waals surface area contributed by atoms with Crippen molar-refractivity contribution in [3.63, 3.8) is 0 Å². The van der Waals surface area contributed by atoms with Crippen LogP contribution in [-0.2, 0) is 14.6 Å². The van der Waals surface area contributed by atoms with E-state index in [9.17, 15) is 22.0 Å². The van der Waals surface area contributed by atoms with Crippen molar-refractivity contribution < 1.29 is 27.1 Å². The summed E-state index contributed by atoms with van der Waals surface area (Å²) in [4.78, 5) is 9.86. The minimum Gasteiger partial charge on any atom is -0.476 e. The van der Waals surface area contributed by atoms with Crippen LogP contribution in [0.4, 0.5) is 8.78 Å². The summed E-state index contributed by atoms with van der Waals surface area (Å²) in [5.74, 6) is -3.15. The molecule has 0 fully saturated rings. The van der Waals surface area contributed by atoms with Gasteiger partial charge in [-0.2, -0.15) is 8.78 Å². The topological polar surface area (TPSA) is 71.4 Å². The van der Waals surface area contributed by atoms with Crippen molar-refractivity contribution in [2.45, 2.75) is 5.25 Å². The number of thioether (sulfide) groups is 1. The van der Waals surface area contributed by atoms with Crippen LogP contribution in [0.15, 0.2) is 0 Å². The third-order valence-electron chi connectivity index (χ3n) is 0.986. The van der Waals surface area contributed by atoms with Gasteiger partial charge in [0.25, 0.3) is 0 Å². The number of aliphatic carboxylic acids is 1. The predicted octanol–water partition coefficient (Wildman–Crippen LogP) is 0.442. The number of sulfone groups is 1. The van der Waals surface area contributed by atoms with E-state index >= 15 is 0 Å². The van der Waals surface area contributed by atoms with Gasteiger partial charge in [-0.05, 0) is 0 Å². The average molecular weight is 234 g/mol. The molecule has 0 aliphatic heterocycles. The average Bonchev–Trinajstić information content (AvgIpc) is 1.82. The van der Waals surface area contributed by atoms with Gasteiger partial charge in [0.2, 0.25) is 0 Å². The molecule has 0 spiro atoms. The molecular weight excluding hydrogens is 226 g/mol. The molecule has 0 heterocycles. The molecule has 0 atom stereocenters. The van der Waals surface area contributed by atoms with Gasteiger partial charge < -0.3 is 5.11 Å². The van der Waals surface area contributed by atoms with E-state index in [4.69, 9.17) is 5.11 Å². The Hall–Kier alpha value is -0.370. The van der Waals surface area contributed by atoms with Gasteiger partial charge in [0.1, 0.15) is 9.84 Å². The lowest BCUT2D eigenvalue weighted by Crippen LogP contribution is -2.25.